The monoisotopic (exact) mass is 381 g/mol. The topological polar surface area (TPSA) is 64.1 Å². The number of esters is 1. The highest BCUT2D eigenvalue weighted by atomic mass is 79.9. The molecule has 0 unspecified atom stereocenters. The van der Waals surface area contributed by atoms with E-state index in [1.807, 2.05) is 6.07 Å². The Hall–Kier alpha value is -1.60. The van der Waals surface area contributed by atoms with Gasteiger partial charge in [-0.2, -0.15) is 0 Å². The van der Waals surface area contributed by atoms with Crippen molar-refractivity contribution >= 4 is 39.5 Å². The Morgan fingerprint density at radius 1 is 1.41 bits per heavy atom. The highest BCUT2D eigenvalue weighted by Gasteiger charge is 2.05. The first-order valence-corrected chi connectivity index (χ1v) is 8.37. The van der Waals surface area contributed by atoms with Crippen molar-refractivity contribution in [1.29, 1.82) is 0 Å². The third-order valence-electron chi connectivity index (χ3n) is 2.95. The third kappa shape index (κ3) is 4.99. The fraction of sp³-hybridized carbons (Fsp3) is 0.267. The molecule has 0 bridgehead atoms. The Bertz CT molecular complexity index is 667. The van der Waals surface area contributed by atoms with E-state index in [4.69, 9.17) is 0 Å². The predicted molar refractivity (Wildman–Crippen MR) is 91.0 cm³/mol. The number of methoxy groups -OCH3 is 1. The minimum atomic E-state index is -0.282. The van der Waals surface area contributed by atoms with Crippen molar-refractivity contribution in [2.24, 2.45) is 0 Å². The standard InChI is InChI=1S/C15H16BrN3O2S/c1-10-3-4-12(16)5-11(10)6-18-13-7-17-8-14(19-13)22-9-15(20)21-2/h3-5,7-8H,6,9H2,1-2H3,(H,18,19). The maximum atomic E-state index is 11.1. The Labute approximate surface area is 142 Å². The molecule has 7 heteroatoms. The Morgan fingerprint density at radius 2 is 2.23 bits per heavy atom. The molecule has 5 nitrogen and oxygen atoms in total. The first-order chi connectivity index (χ1) is 10.6. The fourth-order valence-electron chi connectivity index (χ4n) is 1.71. The molecular weight excluding hydrogens is 366 g/mol. The molecule has 1 aromatic heterocycles. The minimum Gasteiger partial charge on any atom is -0.468 e. The summed E-state index contributed by atoms with van der Waals surface area (Å²) in [6, 6.07) is 6.16. The molecule has 1 heterocycles. The molecule has 0 radical (unpaired) electrons. The van der Waals surface area contributed by atoms with Crippen LogP contribution in [0.1, 0.15) is 11.1 Å². The van der Waals surface area contributed by atoms with Crippen molar-refractivity contribution in [2.45, 2.75) is 18.5 Å². The maximum Gasteiger partial charge on any atom is 0.316 e. The molecule has 0 aliphatic rings. The average Bonchev–Trinajstić information content (AvgIpc) is 2.54. The molecule has 2 rings (SSSR count). The molecule has 1 N–H and O–H groups in total. The molecule has 2 aromatic rings. The van der Waals surface area contributed by atoms with Gasteiger partial charge in [0.2, 0.25) is 0 Å². The summed E-state index contributed by atoms with van der Waals surface area (Å²) in [4.78, 5) is 19.7. The Morgan fingerprint density at radius 3 is 3.00 bits per heavy atom. The van der Waals surface area contributed by atoms with Crippen LogP contribution in [0.2, 0.25) is 0 Å². The summed E-state index contributed by atoms with van der Waals surface area (Å²) in [7, 11) is 1.37. The van der Waals surface area contributed by atoms with E-state index in [9.17, 15) is 4.79 Å². The van der Waals surface area contributed by atoms with Gasteiger partial charge in [0.1, 0.15) is 10.8 Å². The average molecular weight is 382 g/mol. The van der Waals surface area contributed by atoms with E-state index in [1.165, 1.54) is 30.0 Å². The summed E-state index contributed by atoms with van der Waals surface area (Å²) < 4.78 is 5.65. The molecule has 0 atom stereocenters. The van der Waals surface area contributed by atoms with E-state index >= 15 is 0 Å². The number of benzene rings is 1. The van der Waals surface area contributed by atoms with Gasteiger partial charge in [-0.25, -0.2) is 4.98 Å². The number of rotatable bonds is 6. The van der Waals surface area contributed by atoms with Crippen LogP contribution in [0, 0.1) is 6.92 Å². The number of carbonyl (C=O) groups is 1. The number of hydrogen-bond donors (Lipinski definition) is 1. The lowest BCUT2D eigenvalue weighted by Gasteiger charge is -2.09. The molecule has 0 saturated heterocycles. The number of hydrogen-bond acceptors (Lipinski definition) is 6. The van der Waals surface area contributed by atoms with E-state index in [0.717, 1.165) is 4.47 Å². The first kappa shape index (κ1) is 16.8. The van der Waals surface area contributed by atoms with Crippen molar-refractivity contribution in [3.63, 3.8) is 0 Å². The van der Waals surface area contributed by atoms with Gasteiger partial charge in [0.25, 0.3) is 0 Å². The van der Waals surface area contributed by atoms with Crippen molar-refractivity contribution in [3.05, 3.63) is 46.2 Å². The molecule has 0 spiro atoms. The number of nitrogens with zero attached hydrogens (tertiary/aromatic N) is 2. The van der Waals surface area contributed by atoms with Crippen molar-refractivity contribution < 1.29 is 9.53 Å². The first-order valence-electron chi connectivity index (χ1n) is 6.59. The van der Waals surface area contributed by atoms with Crippen LogP contribution in [-0.4, -0.2) is 28.8 Å². The van der Waals surface area contributed by atoms with E-state index in [-0.39, 0.29) is 11.7 Å². The van der Waals surface area contributed by atoms with Gasteiger partial charge in [0.15, 0.2) is 0 Å². The van der Waals surface area contributed by atoms with E-state index in [1.54, 1.807) is 12.4 Å². The Kier molecular flexibility index (Phi) is 6.21. The Balaban J connectivity index is 1.98. The van der Waals surface area contributed by atoms with Crippen molar-refractivity contribution in [1.82, 2.24) is 9.97 Å². The molecule has 0 amide bonds. The molecule has 1 aromatic carbocycles. The summed E-state index contributed by atoms with van der Waals surface area (Å²) in [5.41, 5.74) is 2.39. The van der Waals surface area contributed by atoms with Crippen LogP contribution in [0.15, 0.2) is 40.1 Å². The van der Waals surface area contributed by atoms with Crippen molar-refractivity contribution in [2.75, 3.05) is 18.2 Å². The smallest absolute Gasteiger partial charge is 0.316 e. The number of thioether (sulfide) groups is 1. The molecule has 0 aliphatic heterocycles. The highest BCUT2D eigenvalue weighted by molar-refractivity contribution is 9.10. The highest BCUT2D eigenvalue weighted by Crippen LogP contribution is 2.19. The summed E-state index contributed by atoms with van der Waals surface area (Å²) >= 11 is 4.77. The zero-order valence-corrected chi connectivity index (χ0v) is 14.7. The second-order valence-corrected chi connectivity index (χ2v) is 6.44. The number of anilines is 1. The summed E-state index contributed by atoms with van der Waals surface area (Å²) in [5.74, 6) is 0.614. The normalized spacial score (nSPS) is 10.3. The van der Waals surface area contributed by atoms with Gasteiger partial charge >= 0.3 is 5.97 Å². The number of carbonyl (C=O) groups excluding carboxylic acids is 1. The van der Waals surface area contributed by atoms with Crippen LogP contribution in [0.3, 0.4) is 0 Å². The number of ether oxygens (including phenoxy) is 1. The van der Waals surface area contributed by atoms with Crippen molar-refractivity contribution in [3.8, 4) is 0 Å². The zero-order valence-electron chi connectivity index (χ0n) is 12.3. The fourth-order valence-corrected chi connectivity index (χ4v) is 2.80. The van der Waals surface area contributed by atoms with Crippen LogP contribution in [0.4, 0.5) is 5.82 Å². The SMILES string of the molecule is COC(=O)CSc1cncc(NCc2cc(Br)ccc2C)n1. The van der Waals surface area contributed by atoms with E-state index < -0.39 is 0 Å². The largest absolute Gasteiger partial charge is 0.468 e. The van der Waals surface area contributed by atoms with E-state index in [2.05, 4.69) is 55.0 Å². The molecule has 0 saturated carbocycles. The van der Waals surface area contributed by atoms with Gasteiger partial charge in [-0.1, -0.05) is 33.8 Å². The van der Waals surface area contributed by atoms with Crippen LogP contribution in [-0.2, 0) is 16.1 Å². The quantitative estimate of drug-likeness (QED) is 0.610. The number of aryl methyl sites for hydroxylation is 1. The summed E-state index contributed by atoms with van der Waals surface area (Å²) in [6.07, 6.45) is 3.29. The predicted octanol–water partition coefficient (Wildman–Crippen LogP) is 3.42. The minimum absolute atomic E-state index is 0.222. The lowest BCUT2D eigenvalue weighted by atomic mass is 10.1. The van der Waals surface area contributed by atoms with Crippen LogP contribution >= 0.6 is 27.7 Å². The second-order valence-electron chi connectivity index (χ2n) is 4.53. The summed E-state index contributed by atoms with van der Waals surface area (Å²) in [6.45, 7) is 2.73. The lowest BCUT2D eigenvalue weighted by Crippen LogP contribution is -2.05. The number of halogens is 1. The van der Waals surface area contributed by atoms with Crippen LogP contribution in [0.5, 0.6) is 0 Å². The van der Waals surface area contributed by atoms with Gasteiger partial charge in [0, 0.05) is 11.0 Å². The van der Waals surface area contributed by atoms with Crippen LogP contribution in [0.25, 0.3) is 0 Å². The molecule has 116 valence electrons. The molecular formula is C15H16BrN3O2S. The number of nitrogens with one attached hydrogen (secondary N) is 1. The van der Waals surface area contributed by atoms with Gasteiger partial charge in [-0.3, -0.25) is 9.78 Å². The van der Waals surface area contributed by atoms with Crippen LogP contribution < -0.4 is 5.32 Å². The van der Waals surface area contributed by atoms with Gasteiger partial charge in [-0.05, 0) is 30.2 Å². The molecule has 0 aliphatic carbocycles. The summed E-state index contributed by atoms with van der Waals surface area (Å²) in [5, 5.41) is 3.93. The van der Waals surface area contributed by atoms with Gasteiger partial charge in [-0.15, -0.1) is 0 Å². The third-order valence-corrected chi connectivity index (χ3v) is 4.31. The zero-order chi connectivity index (χ0) is 15.9. The maximum absolute atomic E-state index is 11.1. The number of aromatic nitrogens is 2. The van der Waals surface area contributed by atoms with Gasteiger partial charge < -0.3 is 10.1 Å². The lowest BCUT2D eigenvalue weighted by molar-refractivity contribution is -0.137. The molecule has 0 fully saturated rings. The van der Waals surface area contributed by atoms with E-state index in [0.29, 0.717) is 17.4 Å². The molecule has 22 heavy (non-hydrogen) atoms. The van der Waals surface area contributed by atoms with Gasteiger partial charge in [0.05, 0.1) is 25.3 Å². The second kappa shape index (κ2) is 8.14.